The van der Waals surface area contributed by atoms with Gasteiger partial charge in [0.15, 0.2) is 0 Å². The van der Waals surface area contributed by atoms with Crippen LogP contribution in [0.15, 0.2) is 79.0 Å². The van der Waals surface area contributed by atoms with E-state index in [-0.39, 0.29) is 0 Å². The van der Waals surface area contributed by atoms with Gasteiger partial charge in [-0.3, -0.25) is 10.3 Å². The van der Waals surface area contributed by atoms with Crippen LogP contribution in [0.25, 0.3) is 22.2 Å². The van der Waals surface area contributed by atoms with Crippen molar-refractivity contribution in [3.8, 4) is 11.1 Å². The number of rotatable bonds is 8. The SMILES string of the molecule is c1ccc(CCNCNc2ccc(-c3ccc4ncc(N5CCOCC5)nc4c3)cc2)cc1. The van der Waals surface area contributed by atoms with Gasteiger partial charge in [0, 0.05) is 25.3 Å². The van der Waals surface area contributed by atoms with Crippen LogP contribution in [0, 0.1) is 0 Å². The summed E-state index contributed by atoms with van der Waals surface area (Å²) in [6.45, 7) is 4.87. The summed E-state index contributed by atoms with van der Waals surface area (Å²) < 4.78 is 5.45. The average molecular weight is 440 g/mol. The molecule has 1 aliphatic heterocycles. The molecule has 0 atom stereocenters. The van der Waals surface area contributed by atoms with E-state index in [0.29, 0.717) is 0 Å². The first-order valence-electron chi connectivity index (χ1n) is 11.5. The number of aromatic nitrogens is 2. The molecule has 2 N–H and O–H groups in total. The lowest BCUT2D eigenvalue weighted by Gasteiger charge is -2.27. The van der Waals surface area contributed by atoms with Gasteiger partial charge in [-0.15, -0.1) is 0 Å². The van der Waals surface area contributed by atoms with Crippen LogP contribution in [0.2, 0.25) is 0 Å². The van der Waals surface area contributed by atoms with Crippen molar-refractivity contribution < 1.29 is 4.74 Å². The van der Waals surface area contributed by atoms with Crippen molar-refractivity contribution in [1.82, 2.24) is 15.3 Å². The van der Waals surface area contributed by atoms with Gasteiger partial charge >= 0.3 is 0 Å². The molecule has 0 amide bonds. The Balaban J connectivity index is 1.19. The van der Waals surface area contributed by atoms with Gasteiger partial charge in [-0.1, -0.05) is 48.5 Å². The Bertz CT molecular complexity index is 1170. The number of hydrogen-bond donors (Lipinski definition) is 2. The number of nitrogens with one attached hydrogen (secondary N) is 2. The molecule has 5 rings (SSSR count). The smallest absolute Gasteiger partial charge is 0.148 e. The second-order valence-corrected chi connectivity index (χ2v) is 8.20. The number of ether oxygens (including phenoxy) is 1. The fourth-order valence-corrected chi connectivity index (χ4v) is 4.04. The van der Waals surface area contributed by atoms with Crippen LogP contribution in [0.4, 0.5) is 11.5 Å². The minimum atomic E-state index is 0.738. The van der Waals surface area contributed by atoms with Crippen LogP contribution in [-0.4, -0.2) is 49.5 Å². The second kappa shape index (κ2) is 10.4. The fraction of sp³-hybridized carbons (Fsp3) is 0.259. The molecule has 1 aliphatic rings. The van der Waals surface area contributed by atoms with E-state index in [9.17, 15) is 0 Å². The molecule has 168 valence electrons. The second-order valence-electron chi connectivity index (χ2n) is 8.20. The molecular weight excluding hydrogens is 410 g/mol. The molecule has 1 saturated heterocycles. The molecule has 1 fully saturated rings. The predicted molar refractivity (Wildman–Crippen MR) is 135 cm³/mol. The molecule has 0 unspecified atom stereocenters. The Morgan fingerprint density at radius 2 is 1.64 bits per heavy atom. The summed E-state index contributed by atoms with van der Waals surface area (Å²) in [6.07, 6.45) is 2.89. The van der Waals surface area contributed by atoms with Gasteiger partial charge in [0.05, 0.1) is 37.1 Å². The van der Waals surface area contributed by atoms with Crippen LogP contribution < -0.4 is 15.5 Å². The summed E-state index contributed by atoms with van der Waals surface area (Å²) in [5, 5.41) is 6.88. The normalized spacial score (nSPS) is 13.9. The van der Waals surface area contributed by atoms with Gasteiger partial charge in [0.2, 0.25) is 0 Å². The molecule has 0 spiro atoms. The maximum absolute atomic E-state index is 5.45. The molecule has 0 radical (unpaired) electrons. The number of fused-ring (bicyclic) bond motifs is 1. The lowest BCUT2D eigenvalue weighted by molar-refractivity contribution is 0.122. The topological polar surface area (TPSA) is 62.3 Å². The number of nitrogens with zero attached hydrogens (tertiary/aromatic N) is 3. The van der Waals surface area contributed by atoms with Crippen molar-refractivity contribution in [2.24, 2.45) is 0 Å². The Labute approximate surface area is 194 Å². The van der Waals surface area contributed by atoms with Crippen molar-refractivity contribution in [2.75, 3.05) is 49.7 Å². The van der Waals surface area contributed by atoms with Gasteiger partial charge in [-0.2, -0.15) is 0 Å². The minimum Gasteiger partial charge on any atom is -0.378 e. The average Bonchev–Trinajstić information content (AvgIpc) is 2.89. The molecule has 33 heavy (non-hydrogen) atoms. The number of hydrogen-bond acceptors (Lipinski definition) is 6. The van der Waals surface area contributed by atoms with E-state index in [1.54, 1.807) is 0 Å². The zero-order valence-corrected chi connectivity index (χ0v) is 18.7. The molecule has 4 aromatic rings. The van der Waals surface area contributed by atoms with Crippen LogP contribution >= 0.6 is 0 Å². The lowest BCUT2D eigenvalue weighted by Crippen LogP contribution is -2.36. The Morgan fingerprint density at radius 3 is 2.45 bits per heavy atom. The van der Waals surface area contributed by atoms with Crippen molar-refractivity contribution in [2.45, 2.75) is 6.42 Å². The van der Waals surface area contributed by atoms with E-state index in [0.717, 1.165) is 79.6 Å². The van der Waals surface area contributed by atoms with E-state index < -0.39 is 0 Å². The van der Waals surface area contributed by atoms with Gasteiger partial charge in [-0.05, 0) is 47.4 Å². The maximum atomic E-state index is 5.45. The van der Waals surface area contributed by atoms with Crippen molar-refractivity contribution in [1.29, 1.82) is 0 Å². The van der Waals surface area contributed by atoms with Crippen LogP contribution in [0.1, 0.15) is 5.56 Å². The summed E-state index contributed by atoms with van der Waals surface area (Å²) >= 11 is 0. The van der Waals surface area contributed by atoms with E-state index in [2.05, 4.69) is 87.2 Å². The van der Waals surface area contributed by atoms with Crippen molar-refractivity contribution in [3.63, 3.8) is 0 Å². The van der Waals surface area contributed by atoms with E-state index in [1.165, 1.54) is 5.56 Å². The summed E-state index contributed by atoms with van der Waals surface area (Å²) in [6, 6.07) is 25.4. The highest BCUT2D eigenvalue weighted by Crippen LogP contribution is 2.25. The van der Waals surface area contributed by atoms with Gasteiger partial charge < -0.3 is 15.0 Å². The number of anilines is 2. The highest BCUT2D eigenvalue weighted by atomic mass is 16.5. The summed E-state index contributed by atoms with van der Waals surface area (Å²) in [5.74, 6) is 0.919. The van der Waals surface area contributed by atoms with Crippen LogP contribution in [0.3, 0.4) is 0 Å². The summed E-state index contributed by atoms with van der Waals surface area (Å²) in [4.78, 5) is 11.7. The highest BCUT2D eigenvalue weighted by Gasteiger charge is 2.13. The summed E-state index contributed by atoms with van der Waals surface area (Å²) in [7, 11) is 0. The largest absolute Gasteiger partial charge is 0.378 e. The third-order valence-corrected chi connectivity index (χ3v) is 5.93. The first-order chi connectivity index (χ1) is 16.3. The van der Waals surface area contributed by atoms with E-state index in [4.69, 9.17) is 9.72 Å². The molecule has 3 aromatic carbocycles. The first kappa shape index (κ1) is 21.4. The number of morpholine rings is 1. The molecule has 6 heteroatoms. The van der Waals surface area contributed by atoms with Crippen LogP contribution in [-0.2, 0) is 11.2 Å². The first-order valence-corrected chi connectivity index (χ1v) is 11.5. The molecule has 1 aromatic heterocycles. The fourth-order valence-electron chi connectivity index (χ4n) is 4.04. The predicted octanol–water partition coefficient (Wildman–Crippen LogP) is 4.34. The molecule has 6 nitrogen and oxygen atoms in total. The minimum absolute atomic E-state index is 0.738. The van der Waals surface area contributed by atoms with E-state index >= 15 is 0 Å². The molecule has 0 saturated carbocycles. The van der Waals surface area contributed by atoms with Crippen molar-refractivity contribution >= 4 is 22.5 Å². The quantitative estimate of drug-likeness (QED) is 0.315. The third-order valence-electron chi connectivity index (χ3n) is 5.93. The maximum Gasteiger partial charge on any atom is 0.148 e. The monoisotopic (exact) mass is 439 g/mol. The highest BCUT2D eigenvalue weighted by molar-refractivity contribution is 5.82. The van der Waals surface area contributed by atoms with Gasteiger partial charge in [0.25, 0.3) is 0 Å². The molecule has 0 aliphatic carbocycles. The van der Waals surface area contributed by atoms with Gasteiger partial charge in [-0.25, -0.2) is 4.98 Å². The number of benzene rings is 3. The van der Waals surface area contributed by atoms with Gasteiger partial charge in [0.1, 0.15) is 5.82 Å². The Morgan fingerprint density at radius 1 is 0.848 bits per heavy atom. The Hall–Kier alpha value is -3.48. The molecular formula is C27H29N5O. The Kier molecular flexibility index (Phi) is 6.75. The van der Waals surface area contributed by atoms with Crippen LogP contribution in [0.5, 0.6) is 0 Å². The molecule has 0 bridgehead atoms. The standard InChI is InChI=1S/C27H29N5O/c1-2-4-21(5-3-1)12-13-28-20-30-24-9-6-22(7-10-24)23-8-11-25-26(18-23)31-27(19-29-25)32-14-16-33-17-15-32/h1-11,18-19,28,30H,12-17,20H2. The zero-order chi connectivity index (χ0) is 22.3. The van der Waals surface area contributed by atoms with E-state index in [1.807, 2.05) is 12.3 Å². The zero-order valence-electron chi connectivity index (χ0n) is 18.7. The molecule has 2 heterocycles. The summed E-state index contributed by atoms with van der Waals surface area (Å²) in [5.41, 5.74) is 6.59. The lowest BCUT2D eigenvalue weighted by atomic mass is 10.0. The third kappa shape index (κ3) is 5.48. The van der Waals surface area contributed by atoms with Crippen molar-refractivity contribution in [3.05, 3.63) is 84.6 Å².